The highest BCUT2D eigenvalue weighted by Gasteiger charge is 2.22. The van der Waals surface area contributed by atoms with Crippen LogP contribution in [0, 0.1) is 6.92 Å². The molecule has 0 amide bonds. The van der Waals surface area contributed by atoms with Gasteiger partial charge in [-0.3, -0.25) is 9.69 Å². The summed E-state index contributed by atoms with van der Waals surface area (Å²) >= 11 is 0. The molecule has 2 aliphatic rings. The minimum absolute atomic E-state index is 0.0668. The maximum atomic E-state index is 12.9. The molecule has 1 saturated heterocycles. The van der Waals surface area contributed by atoms with Crippen molar-refractivity contribution in [2.24, 2.45) is 0 Å². The van der Waals surface area contributed by atoms with Crippen LogP contribution in [0.3, 0.4) is 0 Å². The molecule has 0 unspecified atom stereocenters. The second-order valence-electron chi connectivity index (χ2n) is 10.3. The van der Waals surface area contributed by atoms with Gasteiger partial charge in [0.25, 0.3) is 0 Å². The summed E-state index contributed by atoms with van der Waals surface area (Å²) in [5.74, 6) is 1.62. The second kappa shape index (κ2) is 12.6. The van der Waals surface area contributed by atoms with Crippen LogP contribution in [0.2, 0.25) is 0 Å². The Labute approximate surface area is 224 Å². The molecule has 0 aliphatic carbocycles. The molecule has 0 bridgehead atoms. The molecule has 3 aromatic rings. The number of hydrogen-bond acceptors (Lipinski definition) is 8. The van der Waals surface area contributed by atoms with Crippen molar-refractivity contribution in [3.63, 3.8) is 0 Å². The fourth-order valence-corrected chi connectivity index (χ4v) is 5.34. The third-order valence-corrected chi connectivity index (χ3v) is 7.52. The Morgan fingerprint density at radius 1 is 1.26 bits per heavy atom. The third kappa shape index (κ3) is 6.81. The molecule has 1 atom stereocenters. The minimum Gasteiger partial charge on any atom is -0.485 e. The Morgan fingerprint density at radius 2 is 2.13 bits per heavy atom. The average Bonchev–Trinajstić information content (AvgIpc) is 3.46. The van der Waals surface area contributed by atoms with Gasteiger partial charge < -0.3 is 24.3 Å². The topological polar surface area (TPSA) is 97.1 Å². The van der Waals surface area contributed by atoms with E-state index in [1.54, 1.807) is 6.20 Å². The zero-order valence-corrected chi connectivity index (χ0v) is 22.0. The number of aliphatic hydroxyl groups is 1. The lowest BCUT2D eigenvalue weighted by Gasteiger charge is -2.31. The van der Waals surface area contributed by atoms with E-state index in [-0.39, 0.29) is 5.78 Å². The monoisotopic (exact) mass is 519 g/mol. The summed E-state index contributed by atoms with van der Waals surface area (Å²) in [5.41, 5.74) is 5.39. The summed E-state index contributed by atoms with van der Waals surface area (Å²) in [4.78, 5) is 19.0. The Balaban J connectivity index is 1.09. The smallest absolute Gasteiger partial charge is 0.181 e. The minimum atomic E-state index is -0.547. The quantitative estimate of drug-likeness (QED) is 0.357. The van der Waals surface area contributed by atoms with E-state index in [1.165, 1.54) is 17.5 Å². The van der Waals surface area contributed by atoms with Crippen molar-refractivity contribution in [1.82, 2.24) is 9.88 Å². The number of carbonyl (C=O) groups excluding carboxylic acids is 1. The number of ketones is 1. The van der Waals surface area contributed by atoms with Gasteiger partial charge in [0, 0.05) is 56.6 Å². The van der Waals surface area contributed by atoms with Gasteiger partial charge in [-0.2, -0.15) is 0 Å². The molecule has 2 aliphatic heterocycles. The van der Waals surface area contributed by atoms with Gasteiger partial charge in [-0.05, 0) is 67.5 Å². The highest BCUT2D eigenvalue weighted by molar-refractivity contribution is 5.96. The molecule has 0 spiro atoms. The Hall–Kier alpha value is -3.20. The van der Waals surface area contributed by atoms with Crippen LogP contribution in [0.4, 0.5) is 5.69 Å². The zero-order valence-electron chi connectivity index (χ0n) is 22.0. The van der Waals surface area contributed by atoms with Crippen molar-refractivity contribution in [2.75, 3.05) is 31.6 Å². The van der Waals surface area contributed by atoms with Crippen LogP contribution in [-0.2, 0) is 24.3 Å². The van der Waals surface area contributed by atoms with E-state index in [4.69, 9.17) is 13.9 Å². The number of aromatic nitrogens is 1. The molecule has 0 radical (unpaired) electrons. The first-order valence-corrected chi connectivity index (χ1v) is 13.5. The average molecular weight is 520 g/mol. The van der Waals surface area contributed by atoms with Gasteiger partial charge >= 0.3 is 0 Å². The number of oxazole rings is 1. The van der Waals surface area contributed by atoms with Crippen molar-refractivity contribution < 1.29 is 23.8 Å². The third-order valence-electron chi connectivity index (χ3n) is 7.52. The number of ether oxygens (including phenoxy) is 2. The van der Waals surface area contributed by atoms with E-state index in [1.807, 2.05) is 30.3 Å². The SMILES string of the molecule is Cc1c(OCc2cnco2)ccc2c1CCN(C[C@@H](O)CCC(=O)c1cccc(NC3CCOCC3)c1)C2. The molecule has 1 fully saturated rings. The predicted octanol–water partition coefficient (Wildman–Crippen LogP) is 4.54. The number of benzene rings is 2. The number of nitrogens with zero attached hydrogens (tertiary/aromatic N) is 2. The number of carbonyl (C=O) groups is 1. The van der Waals surface area contributed by atoms with Crippen molar-refractivity contribution in [1.29, 1.82) is 0 Å². The van der Waals surface area contributed by atoms with Gasteiger partial charge in [0.15, 0.2) is 17.9 Å². The van der Waals surface area contributed by atoms with Crippen LogP contribution in [0.15, 0.2) is 53.4 Å². The first-order valence-electron chi connectivity index (χ1n) is 13.5. The summed E-state index contributed by atoms with van der Waals surface area (Å²) in [6.07, 6.45) is 6.15. The Bertz CT molecular complexity index is 1210. The molecular formula is C30H37N3O5. The fourth-order valence-electron chi connectivity index (χ4n) is 5.34. The first kappa shape index (κ1) is 26.4. The number of anilines is 1. The molecule has 2 aromatic carbocycles. The number of nitrogens with one attached hydrogen (secondary N) is 1. The van der Waals surface area contributed by atoms with E-state index < -0.39 is 6.10 Å². The van der Waals surface area contributed by atoms with Gasteiger partial charge in [0.1, 0.15) is 12.4 Å². The zero-order chi connectivity index (χ0) is 26.3. The van der Waals surface area contributed by atoms with Gasteiger partial charge in [-0.15, -0.1) is 0 Å². The standard InChI is InChI=1S/C30H37N3O5/c1-21-28-9-12-33(17-23(28)5-8-30(21)37-19-27-16-31-20-38-27)18-26(34)6-7-29(35)22-3-2-4-25(15-22)32-24-10-13-36-14-11-24/h2-5,8,15-16,20,24,26,32,34H,6-7,9-14,17-19H2,1H3/t26-/m0/s1. The van der Waals surface area contributed by atoms with E-state index in [9.17, 15) is 9.90 Å². The number of Topliss-reactive ketones (excluding diaryl/α,β-unsaturated/α-hetero) is 1. The largest absolute Gasteiger partial charge is 0.485 e. The van der Waals surface area contributed by atoms with E-state index in [0.29, 0.717) is 43.4 Å². The summed E-state index contributed by atoms with van der Waals surface area (Å²) in [7, 11) is 0. The Morgan fingerprint density at radius 3 is 2.95 bits per heavy atom. The van der Waals surface area contributed by atoms with Crippen molar-refractivity contribution in [2.45, 2.75) is 64.3 Å². The summed E-state index contributed by atoms with van der Waals surface area (Å²) in [6.45, 7) is 6.20. The first-order chi connectivity index (χ1) is 18.5. The Kier molecular flexibility index (Phi) is 8.73. The predicted molar refractivity (Wildman–Crippen MR) is 144 cm³/mol. The van der Waals surface area contributed by atoms with Crippen molar-refractivity contribution in [3.05, 3.63) is 77.0 Å². The number of hydrogen-bond donors (Lipinski definition) is 2. The highest BCUT2D eigenvalue weighted by Crippen LogP contribution is 2.30. The second-order valence-corrected chi connectivity index (χ2v) is 10.3. The maximum absolute atomic E-state index is 12.9. The van der Waals surface area contributed by atoms with E-state index in [2.05, 4.69) is 28.2 Å². The van der Waals surface area contributed by atoms with Crippen LogP contribution in [0.5, 0.6) is 5.75 Å². The van der Waals surface area contributed by atoms with Crippen LogP contribution < -0.4 is 10.1 Å². The molecule has 38 heavy (non-hydrogen) atoms. The molecule has 3 heterocycles. The van der Waals surface area contributed by atoms with Gasteiger partial charge in [0.2, 0.25) is 0 Å². The van der Waals surface area contributed by atoms with Crippen LogP contribution in [0.1, 0.15) is 58.5 Å². The van der Waals surface area contributed by atoms with Gasteiger partial charge in [-0.1, -0.05) is 18.2 Å². The molecule has 202 valence electrons. The molecule has 5 rings (SSSR count). The normalized spacial score (nSPS) is 17.1. The van der Waals surface area contributed by atoms with Gasteiger partial charge in [0.05, 0.1) is 12.3 Å². The van der Waals surface area contributed by atoms with E-state index >= 15 is 0 Å². The molecule has 2 N–H and O–H groups in total. The van der Waals surface area contributed by atoms with E-state index in [0.717, 1.165) is 62.6 Å². The fraction of sp³-hybridized carbons (Fsp3) is 0.467. The molecule has 8 heteroatoms. The lowest BCUT2D eigenvalue weighted by Crippen LogP contribution is -2.37. The number of β-amino-alcohol motifs (C(OH)–C–C–N with tert-alkyl or cyclic N) is 1. The lowest BCUT2D eigenvalue weighted by atomic mass is 9.94. The van der Waals surface area contributed by atoms with Crippen LogP contribution >= 0.6 is 0 Å². The van der Waals surface area contributed by atoms with Crippen LogP contribution in [-0.4, -0.2) is 59.2 Å². The lowest BCUT2D eigenvalue weighted by molar-refractivity contribution is 0.0836. The summed E-state index contributed by atoms with van der Waals surface area (Å²) < 4.78 is 16.6. The molecular weight excluding hydrogens is 482 g/mol. The molecule has 1 aromatic heterocycles. The maximum Gasteiger partial charge on any atom is 0.181 e. The van der Waals surface area contributed by atoms with Gasteiger partial charge in [-0.25, -0.2) is 4.98 Å². The van der Waals surface area contributed by atoms with Crippen molar-refractivity contribution >= 4 is 11.5 Å². The summed E-state index contributed by atoms with van der Waals surface area (Å²) in [5, 5.41) is 14.2. The molecule has 8 nitrogen and oxygen atoms in total. The van der Waals surface area contributed by atoms with Crippen LogP contribution in [0.25, 0.3) is 0 Å². The highest BCUT2D eigenvalue weighted by atomic mass is 16.5. The number of fused-ring (bicyclic) bond motifs is 1. The summed E-state index contributed by atoms with van der Waals surface area (Å²) in [6, 6.07) is 12.2. The number of rotatable bonds is 11. The number of aliphatic hydroxyl groups excluding tert-OH is 1. The van der Waals surface area contributed by atoms with Crippen molar-refractivity contribution in [3.8, 4) is 5.75 Å². The molecule has 0 saturated carbocycles.